The van der Waals surface area contributed by atoms with Crippen LogP contribution in [-0.2, 0) is 6.54 Å². The van der Waals surface area contributed by atoms with Crippen molar-refractivity contribution in [1.29, 1.82) is 0 Å². The van der Waals surface area contributed by atoms with Gasteiger partial charge in [-0.15, -0.1) is 0 Å². The van der Waals surface area contributed by atoms with Gasteiger partial charge in [0.2, 0.25) is 0 Å². The molecule has 0 bridgehead atoms. The average molecular weight is 263 g/mol. The Balaban J connectivity index is 1.74. The highest BCUT2D eigenvalue weighted by Crippen LogP contribution is 2.09. The zero-order valence-electron chi connectivity index (χ0n) is 12.0. The fourth-order valence-corrected chi connectivity index (χ4v) is 2.36. The number of pyridine rings is 1. The third-order valence-electron chi connectivity index (χ3n) is 3.58. The van der Waals surface area contributed by atoms with Crippen molar-refractivity contribution in [2.24, 2.45) is 0 Å². The van der Waals surface area contributed by atoms with Gasteiger partial charge >= 0.3 is 0 Å². The number of nitrogen functional groups attached to an aromatic ring is 1. The maximum Gasteiger partial charge on any atom is 0.123 e. The topological polar surface area (TPSA) is 48.6 Å². The molecule has 5 nitrogen and oxygen atoms in total. The first-order chi connectivity index (χ1) is 9.13. The highest BCUT2D eigenvalue weighted by atomic mass is 15.3. The van der Waals surface area contributed by atoms with Crippen molar-refractivity contribution in [1.82, 2.24) is 19.7 Å². The van der Waals surface area contributed by atoms with Crippen LogP contribution in [0.4, 0.5) is 5.82 Å². The minimum absolute atomic E-state index is 0.613. The number of piperazine rings is 1. The van der Waals surface area contributed by atoms with Crippen molar-refractivity contribution in [2.45, 2.75) is 6.54 Å². The average Bonchev–Trinajstić information content (AvgIpc) is 2.38. The van der Waals surface area contributed by atoms with Crippen LogP contribution in [0.15, 0.2) is 18.3 Å². The summed E-state index contributed by atoms with van der Waals surface area (Å²) in [5, 5.41) is 0. The normalized spacial score (nSPS) is 18.1. The number of hydrogen-bond donors (Lipinski definition) is 1. The molecule has 1 aromatic rings. The lowest BCUT2D eigenvalue weighted by Crippen LogP contribution is -2.47. The summed E-state index contributed by atoms with van der Waals surface area (Å²) < 4.78 is 0. The second-order valence-corrected chi connectivity index (χ2v) is 5.51. The van der Waals surface area contributed by atoms with Crippen LogP contribution in [0.3, 0.4) is 0 Å². The van der Waals surface area contributed by atoms with E-state index in [1.54, 1.807) is 6.20 Å². The maximum atomic E-state index is 5.71. The first kappa shape index (κ1) is 14.2. The first-order valence-electron chi connectivity index (χ1n) is 6.93. The predicted octanol–water partition coefficient (Wildman–Crippen LogP) is 0.343. The van der Waals surface area contributed by atoms with E-state index < -0.39 is 0 Å². The van der Waals surface area contributed by atoms with Crippen LogP contribution in [0.25, 0.3) is 0 Å². The highest BCUT2D eigenvalue weighted by Gasteiger charge is 2.16. The van der Waals surface area contributed by atoms with Crippen LogP contribution >= 0.6 is 0 Å². The van der Waals surface area contributed by atoms with Gasteiger partial charge in [-0.05, 0) is 31.8 Å². The van der Waals surface area contributed by atoms with E-state index in [9.17, 15) is 0 Å². The molecule has 1 saturated heterocycles. The molecule has 2 rings (SSSR count). The number of nitrogens with zero attached hydrogens (tertiary/aromatic N) is 4. The molecule has 1 fully saturated rings. The van der Waals surface area contributed by atoms with Crippen LogP contribution in [0, 0.1) is 0 Å². The van der Waals surface area contributed by atoms with Gasteiger partial charge in [0.05, 0.1) is 0 Å². The Morgan fingerprint density at radius 1 is 1.21 bits per heavy atom. The van der Waals surface area contributed by atoms with Crippen molar-refractivity contribution in [3.8, 4) is 0 Å². The number of hydrogen-bond acceptors (Lipinski definition) is 5. The molecule has 0 amide bonds. The van der Waals surface area contributed by atoms with Gasteiger partial charge < -0.3 is 10.6 Å². The van der Waals surface area contributed by atoms with E-state index in [1.807, 2.05) is 6.07 Å². The van der Waals surface area contributed by atoms with Crippen molar-refractivity contribution in [3.63, 3.8) is 0 Å². The van der Waals surface area contributed by atoms with Gasteiger partial charge in [0.25, 0.3) is 0 Å². The van der Waals surface area contributed by atoms with Crippen molar-refractivity contribution < 1.29 is 0 Å². The summed E-state index contributed by atoms with van der Waals surface area (Å²) in [6, 6.07) is 4.02. The van der Waals surface area contributed by atoms with Gasteiger partial charge in [-0.25, -0.2) is 4.98 Å². The van der Waals surface area contributed by atoms with Gasteiger partial charge in [-0.3, -0.25) is 9.80 Å². The summed E-state index contributed by atoms with van der Waals surface area (Å²) in [5.41, 5.74) is 6.97. The number of likely N-dealkylation sites (N-methyl/N-ethyl adjacent to an activating group) is 1. The molecule has 0 aromatic carbocycles. The fraction of sp³-hybridized carbons (Fsp3) is 0.643. The van der Waals surface area contributed by atoms with E-state index in [0.717, 1.165) is 39.3 Å². The molecule has 106 valence electrons. The zero-order chi connectivity index (χ0) is 13.7. The monoisotopic (exact) mass is 263 g/mol. The zero-order valence-corrected chi connectivity index (χ0v) is 12.0. The van der Waals surface area contributed by atoms with E-state index in [0.29, 0.717) is 5.82 Å². The molecule has 1 aromatic heterocycles. The minimum Gasteiger partial charge on any atom is -0.384 e. The number of rotatable bonds is 5. The lowest BCUT2D eigenvalue weighted by atomic mass is 10.2. The fourth-order valence-electron chi connectivity index (χ4n) is 2.36. The molecule has 0 spiro atoms. The Hall–Kier alpha value is -1.17. The van der Waals surface area contributed by atoms with Crippen LogP contribution in [0.5, 0.6) is 0 Å². The molecule has 0 unspecified atom stereocenters. The molecule has 2 heterocycles. The third kappa shape index (κ3) is 4.78. The van der Waals surface area contributed by atoms with E-state index >= 15 is 0 Å². The lowest BCUT2D eigenvalue weighted by Gasteiger charge is -2.35. The molecular formula is C14H25N5. The van der Waals surface area contributed by atoms with Crippen LogP contribution in [0.1, 0.15) is 5.56 Å². The summed E-state index contributed by atoms with van der Waals surface area (Å²) in [6.07, 6.45) is 1.79. The van der Waals surface area contributed by atoms with Gasteiger partial charge in [0, 0.05) is 52.0 Å². The Bertz CT molecular complexity index is 385. The quantitative estimate of drug-likeness (QED) is 0.830. The molecule has 0 aliphatic carbocycles. The van der Waals surface area contributed by atoms with E-state index in [2.05, 4.69) is 39.8 Å². The second-order valence-electron chi connectivity index (χ2n) is 5.51. The van der Waals surface area contributed by atoms with Crippen LogP contribution in [-0.4, -0.2) is 73.0 Å². The van der Waals surface area contributed by atoms with Crippen LogP contribution in [0.2, 0.25) is 0 Å². The van der Waals surface area contributed by atoms with E-state index in [1.165, 1.54) is 12.1 Å². The summed E-state index contributed by atoms with van der Waals surface area (Å²) in [7, 11) is 4.26. The van der Waals surface area contributed by atoms with Gasteiger partial charge in [-0.1, -0.05) is 0 Å². The summed E-state index contributed by atoms with van der Waals surface area (Å²) in [4.78, 5) is 11.3. The maximum absolute atomic E-state index is 5.71. The number of anilines is 1. The Morgan fingerprint density at radius 3 is 2.53 bits per heavy atom. The Labute approximate surface area is 116 Å². The molecule has 1 aliphatic heterocycles. The SMILES string of the molecule is CN(C)CCN1CCN(Cc2ccnc(N)c2)CC1. The molecule has 0 saturated carbocycles. The first-order valence-corrected chi connectivity index (χ1v) is 6.93. The van der Waals surface area contributed by atoms with Crippen molar-refractivity contribution >= 4 is 5.82 Å². The van der Waals surface area contributed by atoms with Crippen molar-refractivity contribution in [2.75, 3.05) is 59.1 Å². The van der Waals surface area contributed by atoms with Crippen LogP contribution < -0.4 is 5.73 Å². The van der Waals surface area contributed by atoms with Crippen molar-refractivity contribution in [3.05, 3.63) is 23.9 Å². The minimum atomic E-state index is 0.613. The Morgan fingerprint density at radius 2 is 1.89 bits per heavy atom. The lowest BCUT2D eigenvalue weighted by molar-refractivity contribution is 0.120. The molecule has 19 heavy (non-hydrogen) atoms. The predicted molar refractivity (Wildman–Crippen MR) is 78.9 cm³/mol. The molecular weight excluding hydrogens is 238 g/mol. The summed E-state index contributed by atoms with van der Waals surface area (Å²) >= 11 is 0. The number of nitrogens with two attached hydrogens (primary N) is 1. The third-order valence-corrected chi connectivity index (χ3v) is 3.58. The standard InChI is InChI=1S/C14H25N5/c1-17(2)5-6-18-7-9-19(10-8-18)12-13-3-4-16-14(15)11-13/h3-4,11H,5-10,12H2,1-2H3,(H2,15,16). The van der Waals surface area contributed by atoms with E-state index in [4.69, 9.17) is 5.73 Å². The van der Waals surface area contributed by atoms with Gasteiger partial charge in [0.1, 0.15) is 5.82 Å². The highest BCUT2D eigenvalue weighted by molar-refractivity contribution is 5.31. The molecule has 5 heteroatoms. The largest absolute Gasteiger partial charge is 0.384 e. The molecule has 1 aliphatic rings. The van der Waals surface area contributed by atoms with Gasteiger partial charge in [0.15, 0.2) is 0 Å². The molecule has 0 radical (unpaired) electrons. The summed E-state index contributed by atoms with van der Waals surface area (Å²) in [5.74, 6) is 0.613. The second kappa shape index (κ2) is 6.84. The van der Waals surface area contributed by atoms with E-state index in [-0.39, 0.29) is 0 Å². The smallest absolute Gasteiger partial charge is 0.123 e. The van der Waals surface area contributed by atoms with Gasteiger partial charge in [-0.2, -0.15) is 0 Å². The Kier molecular flexibility index (Phi) is 5.13. The molecule has 0 atom stereocenters. The number of aromatic nitrogens is 1. The summed E-state index contributed by atoms with van der Waals surface area (Å²) in [6.45, 7) is 7.88. The molecule has 2 N–H and O–H groups in total.